The molecule has 5 N–H and O–H groups in total. The lowest BCUT2D eigenvalue weighted by Gasteiger charge is -2.14. The molecule has 6 nitrogen and oxygen atoms in total. The molecule has 1 atom stereocenters. The highest BCUT2D eigenvalue weighted by atomic mass is 32.2. The number of hydrogen-bond acceptors (Lipinski definition) is 4. The highest BCUT2D eigenvalue weighted by Crippen LogP contribution is 2.20. The number of aryl methyl sites for hydroxylation is 1. The zero-order valence-electron chi connectivity index (χ0n) is 11.7. The molecule has 1 unspecified atom stereocenters. The van der Waals surface area contributed by atoms with E-state index >= 15 is 0 Å². The maximum Gasteiger partial charge on any atom is 0.238 e. The van der Waals surface area contributed by atoms with Crippen LogP contribution in [0, 0.1) is 12.8 Å². The Morgan fingerprint density at radius 1 is 1.40 bits per heavy atom. The molecule has 0 saturated carbocycles. The summed E-state index contributed by atoms with van der Waals surface area (Å²) in [6, 6.07) is 4.40. The molecule has 1 aromatic rings. The Balaban J connectivity index is 2.89. The number of nitrogens with one attached hydrogen (secondary N) is 1. The van der Waals surface area contributed by atoms with Crippen LogP contribution in [0.15, 0.2) is 23.1 Å². The van der Waals surface area contributed by atoms with Crippen LogP contribution in [-0.2, 0) is 14.8 Å². The molecule has 0 aromatic heterocycles. The second-order valence-electron chi connectivity index (χ2n) is 4.84. The van der Waals surface area contributed by atoms with Gasteiger partial charge in [-0.05, 0) is 44.0 Å². The van der Waals surface area contributed by atoms with Gasteiger partial charge in [0, 0.05) is 11.6 Å². The van der Waals surface area contributed by atoms with Crippen molar-refractivity contribution in [1.82, 2.24) is 0 Å². The van der Waals surface area contributed by atoms with E-state index in [0.29, 0.717) is 18.7 Å². The highest BCUT2D eigenvalue weighted by molar-refractivity contribution is 7.89. The first-order valence-corrected chi connectivity index (χ1v) is 7.94. The number of nitrogens with two attached hydrogens (primary N) is 2. The van der Waals surface area contributed by atoms with E-state index in [1.165, 1.54) is 12.1 Å². The first-order valence-electron chi connectivity index (χ1n) is 6.40. The second kappa shape index (κ2) is 6.83. The first-order chi connectivity index (χ1) is 9.25. The zero-order chi connectivity index (χ0) is 15.3. The van der Waals surface area contributed by atoms with Crippen molar-refractivity contribution in [2.45, 2.75) is 31.6 Å². The van der Waals surface area contributed by atoms with Gasteiger partial charge in [0.2, 0.25) is 15.9 Å². The van der Waals surface area contributed by atoms with Crippen LogP contribution in [0.2, 0.25) is 0 Å². The van der Waals surface area contributed by atoms with Gasteiger partial charge in [0.15, 0.2) is 0 Å². The number of sulfonamides is 1. The lowest BCUT2D eigenvalue weighted by atomic mass is 10.0. The van der Waals surface area contributed by atoms with E-state index in [2.05, 4.69) is 5.32 Å². The number of carbonyl (C=O) groups is 1. The van der Waals surface area contributed by atoms with Crippen molar-refractivity contribution in [3.05, 3.63) is 23.8 Å². The van der Waals surface area contributed by atoms with E-state index in [9.17, 15) is 13.2 Å². The van der Waals surface area contributed by atoms with E-state index in [4.69, 9.17) is 10.9 Å². The van der Waals surface area contributed by atoms with E-state index in [1.807, 2.05) is 6.92 Å². The molecule has 0 radical (unpaired) electrons. The van der Waals surface area contributed by atoms with Crippen LogP contribution < -0.4 is 16.2 Å². The lowest BCUT2D eigenvalue weighted by Crippen LogP contribution is -2.22. The quantitative estimate of drug-likeness (QED) is 0.725. The molecule has 7 heteroatoms. The molecule has 1 aromatic carbocycles. The SMILES string of the molecule is Cc1ccc(S(N)(=O)=O)cc1NC(=O)C(C)CCCN. The summed E-state index contributed by atoms with van der Waals surface area (Å²) in [5.74, 6) is -0.343. The number of amides is 1. The van der Waals surface area contributed by atoms with Crippen molar-refractivity contribution < 1.29 is 13.2 Å². The summed E-state index contributed by atoms with van der Waals surface area (Å²) in [5, 5.41) is 7.81. The van der Waals surface area contributed by atoms with Gasteiger partial charge < -0.3 is 11.1 Å². The molecule has 1 rings (SSSR count). The largest absolute Gasteiger partial charge is 0.330 e. The third-order valence-electron chi connectivity index (χ3n) is 3.08. The average molecular weight is 299 g/mol. The Morgan fingerprint density at radius 3 is 2.60 bits per heavy atom. The number of primary sulfonamides is 1. The number of benzene rings is 1. The van der Waals surface area contributed by atoms with E-state index in [0.717, 1.165) is 12.0 Å². The van der Waals surface area contributed by atoms with Gasteiger partial charge in [-0.25, -0.2) is 13.6 Å². The van der Waals surface area contributed by atoms with Gasteiger partial charge in [0.25, 0.3) is 0 Å². The van der Waals surface area contributed by atoms with Gasteiger partial charge in [0.1, 0.15) is 0 Å². The Kier molecular flexibility index (Phi) is 5.67. The topological polar surface area (TPSA) is 115 Å². The molecule has 20 heavy (non-hydrogen) atoms. The van der Waals surface area contributed by atoms with Gasteiger partial charge >= 0.3 is 0 Å². The summed E-state index contributed by atoms with van der Waals surface area (Å²) in [6.45, 7) is 4.13. The van der Waals surface area contributed by atoms with Gasteiger partial charge in [-0.15, -0.1) is 0 Å². The number of rotatable bonds is 6. The fourth-order valence-corrected chi connectivity index (χ4v) is 2.26. The number of carbonyl (C=O) groups excluding carboxylic acids is 1. The Labute approximate surface area is 119 Å². The fourth-order valence-electron chi connectivity index (χ4n) is 1.72. The average Bonchev–Trinajstić information content (AvgIpc) is 2.37. The smallest absolute Gasteiger partial charge is 0.238 e. The molecule has 0 heterocycles. The van der Waals surface area contributed by atoms with Crippen LogP contribution in [0.4, 0.5) is 5.69 Å². The normalized spacial score (nSPS) is 13.0. The van der Waals surface area contributed by atoms with Crippen molar-refractivity contribution >= 4 is 21.6 Å². The molecule has 0 spiro atoms. The van der Waals surface area contributed by atoms with Gasteiger partial charge in [-0.3, -0.25) is 4.79 Å². The third kappa shape index (κ3) is 4.59. The van der Waals surface area contributed by atoms with Crippen molar-refractivity contribution in [2.75, 3.05) is 11.9 Å². The Bertz CT molecular complexity index is 585. The fraction of sp³-hybridized carbons (Fsp3) is 0.462. The molecular formula is C13H21N3O3S. The van der Waals surface area contributed by atoms with E-state index in [-0.39, 0.29) is 16.7 Å². The van der Waals surface area contributed by atoms with Gasteiger partial charge in [-0.1, -0.05) is 13.0 Å². The predicted molar refractivity (Wildman–Crippen MR) is 78.6 cm³/mol. The molecule has 0 aliphatic rings. The highest BCUT2D eigenvalue weighted by Gasteiger charge is 2.15. The maximum atomic E-state index is 12.0. The summed E-state index contributed by atoms with van der Waals surface area (Å²) in [4.78, 5) is 12.0. The maximum absolute atomic E-state index is 12.0. The molecule has 0 aliphatic carbocycles. The minimum atomic E-state index is -3.78. The van der Waals surface area contributed by atoms with Crippen LogP contribution in [-0.4, -0.2) is 20.9 Å². The molecular weight excluding hydrogens is 278 g/mol. The molecule has 0 aliphatic heterocycles. The van der Waals surface area contributed by atoms with Crippen molar-refractivity contribution in [3.63, 3.8) is 0 Å². The first kappa shape index (κ1) is 16.6. The minimum Gasteiger partial charge on any atom is -0.330 e. The monoisotopic (exact) mass is 299 g/mol. The van der Waals surface area contributed by atoms with Crippen molar-refractivity contribution in [2.24, 2.45) is 16.8 Å². The van der Waals surface area contributed by atoms with E-state index in [1.54, 1.807) is 13.0 Å². The molecule has 0 fully saturated rings. The minimum absolute atomic E-state index is 0.0204. The van der Waals surface area contributed by atoms with Gasteiger partial charge in [-0.2, -0.15) is 0 Å². The van der Waals surface area contributed by atoms with Gasteiger partial charge in [0.05, 0.1) is 4.90 Å². The van der Waals surface area contributed by atoms with Crippen LogP contribution >= 0.6 is 0 Å². The Morgan fingerprint density at radius 2 is 2.05 bits per heavy atom. The summed E-state index contributed by atoms with van der Waals surface area (Å²) in [6.07, 6.45) is 1.46. The summed E-state index contributed by atoms with van der Waals surface area (Å²) in [7, 11) is -3.78. The van der Waals surface area contributed by atoms with E-state index < -0.39 is 10.0 Å². The molecule has 1 amide bonds. The Hall–Kier alpha value is -1.44. The summed E-state index contributed by atoms with van der Waals surface area (Å²) < 4.78 is 22.6. The third-order valence-corrected chi connectivity index (χ3v) is 4.00. The second-order valence-corrected chi connectivity index (χ2v) is 6.40. The van der Waals surface area contributed by atoms with Crippen LogP contribution in [0.1, 0.15) is 25.3 Å². The standard InChI is InChI=1S/C13H21N3O3S/c1-9-5-6-11(20(15,18)19)8-12(9)16-13(17)10(2)4-3-7-14/h5-6,8,10H,3-4,7,14H2,1-2H3,(H,16,17)(H2,15,18,19). The lowest BCUT2D eigenvalue weighted by molar-refractivity contribution is -0.119. The molecule has 0 bridgehead atoms. The van der Waals surface area contributed by atoms with Crippen molar-refractivity contribution in [1.29, 1.82) is 0 Å². The number of hydrogen-bond donors (Lipinski definition) is 3. The van der Waals surface area contributed by atoms with Crippen LogP contribution in [0.25, 0.3) is 0 Å². The van der Waals surface area contributed by atoms with Crippen LogP contribution in [0.3, 0.4) is 0 Å². The predicted octanol–water partition coefficient (Wildman–Crippen LogP) is 0.956. The summed E-state index contributed by atoms with van der Waals surface area (Å²) >= 11 is 0. The zero-order valence-corrected chi connectivity index (χ0v) is 12.5. The summed E-state index contributed by atoms with van der Waals surface area (Å²) in [5.41, 5.74) is 6.64. The van der Waals surface area contributed by atoms with Crippen LogP contribution in [0.5, 0.6) is 0 Å². The molecule has 0 saturated heterocycles. The molecule has 112 valence electrons. The number of anilines is 1. The van der Waals surface area contributed by atoms with Crippen molar-refractivity contribution in [3.8, 4) is 0 Å².